The first-order chi connectivity index (χ1) is 9.70. The summed E-state index contributed by atoms with van der Waals surface area (Å²) in [6.45, 7) is 4.43. The number of carbonyl (C=O) groups is 1. The lowest BCUT2D eigenvalue weighted by molar-refractivity contribution is 0.102. The molecule has 0 bridgehead atoms. The van der Waals surface area contributed by atoms with Crippen LogP contribution >= 0.6 is 11.6 Å². The molecule has 4 nitrogen and oxygen atoms in total. The zero-order valence-electron chi connectivity index (χ0n) is 11.3. The Morgan fingerprint density at radius 3 is 3.00 bits per heavy atom. The first-order valence-electron chi connectivity index (χ1n) is 6.79. The molecule has 1 aromatic carbocycles. The molecule has 0 amide bonds. The van der Waals surface area contributed by atoms with Crippen LogP contribution in [0, 0.1) is 0 Å². The molecule has 1 aliphatic rings. The van der Waals surface area contributed by atoms with Crippen LogP contribution < -0.4 is 5.32 Å². The zero-order valence-corrected chi connectivity index (χ0v) is 12.1. The van der Waals surface area contributed by atoms with Gasteiger partial charge in [-0.1, -0.05) is 30.7 Å². The molecule has 1 aliphatic heterocycles. The Morgan fingerprint density at radius 1 is 1.40 bits per heavy atom. The van der Waals surface area contributed by atoms with Crippen molar-refractivity contribution in [1.82, 2.24) is 15.1 Å². The van der Waals surface area contributed by atoms with E-state index in [2.05, 4.69) is 10.4 Å². The van der Waals surface area contributed by atoms with Crippen molar-refractivity contribution >= 4 is 17.4 Å². The van der Waals surface area contributed by atoms with E-state index < -0.39 is 0 Å². The minimum absolute atomic E-state index is 0.0596. The molecular formula is C15H16ClN3O. The molecule has 5 heteroatoms. The molecule has 1 aromatic heterocycles. The van der Waals surface area contributed by atoms with Gasteiger partial charge in [-0.25, -0.2) is 0 Å². The van der Waals surface area contributed by atoms with Gasteiger partial charge in [0.25, 0.3) is 0 Å². The Morgan fingerprint density at radius 2 is 2.20 bits per heavy atom. The fourth-order valence-electron chi connectivity index (χ4n) is 2.54. The molecule has 0 atom stereocenters. The predicted octanol–water partition coefficient (Wildman–Crippen LogP) is 2.78. The van der Waals surface area contributed by atoms with Crippen LogP contribution in [0.3, 0.4) is 0 Å². The van der Waals surface area contributed by atoms with E-state index in [-0.39, 0.29) is 5.78 Å². The topological polar surface area (TPSA) is 46.9 Å². The minimum atomic E-state index is -0.0596. The summed E-state index contributed by atoms with van der Waals surface area (Å²) >= 11 is 6.13. The number of aromatic nitrogens is 2. The Labute approximate surface area is 122 Å². The van der Waals surface area contributed by atoms with Gasteiger partial charge < -0.3 is 5.32 Å². The molecule has 1 N–H and O–H groups in total. The SMILES string of the molecule is CCCn1ncc(Cl)c1C(=O)c1ccc2c(c1)CNC2. The maximum Gasteiger partial charge on any atom is 0.212 e. The van der Waals surface area contributed by atoms with E-state index in [0.29, 0.717) is 22.8 Å². The summed E-state index contributed by atoms with van der Waals surface area (Å²) in [5, 5.41) is 7.87. The van der Waals surface area contributed by atoms with Crippen molar-refractivity contribution in [2.45, 2.75) is 33.0 Å². The molecule has 104 valence electrons. The smallest absolute Gasteiger partial charge is 0.212 e. The molecular weight excluding hydrogens is 274 g/mol. The van der Waals surface area contributed by atoms with Crippen molar-refractivity contribution in [2.75, 3.05) is 0 Å². The number of aryl methyl sites for hydroxylation is 1. The number of nitrogens with zero attached hydrogens (tertiary/aromatic N) is 2. The second-order valence-corrected chi connectivity index (χ2v) is 5.39. The van der Waals surface area contributed by atoms with Crippen LogP contribution in [0.5, 0.6) is 0 Å². The van der Waals surface area contributed by atoms with Crippen molar-refractivity contribution in [3.05, 3.63) is 51.8 Å². The summed E-state index contributed by atoms with van der Waals surface area (Å²) in [5.74, 6) is -0.0596. The highest BCUT2D eigenvalue weighted by atomic mass is 35.5. The number of benzene rings is 1. The zero-order chi connectivity index (χ0) is 14.1. The van der Waals surface area contributed by atoms with Crippen molar-refractivity contribution in [3.63, 3.8) is 0 Å². The van der Waals surface area contributed by atoms with Gasteiger partial charge in [-0.2, -0.15) is 5.10 Å². The summed E-state index contributed by atoms with van der Waals surface area (Å²) in [6.07, 6.45) is 2.45. The van der Waals surface area contributed by atoms with Gasteiger partial charge in [0.2, 0.25) is 5.78 Å². The fraction of sp³-hybridized carbons (Fsp3) is 0.333. The van der Waals surface area contributed by atoms with Crippen molar-refractivity contribution in [3.8, 4) is 0 Å². The molecule has 0 aliphatic carbocycles. The van der Waals surface area contributed by atoms with Crippen LogP contribution in [0.4, 0.5) is 0 Å². The molecule has 2 aromatic rings. The molecule has 0 radical (unpaired) electrons. The monoisotopic (exact) mass is 289 g/mol. The summed E-state index contributed by atoms with van der Waals surface area (Å²) in [5.41, 5.74) is 3.61. The molecule has 2 heterocycles. The third kappa shape index (κ3) is 2.25. The highest BCUT2D eigenvalue weighted by molar-refractivity contribution is 6.34. The molecule has 0 spiro atoms. The lowest BCUT2D eigenvalue weighted by Crippen LogP contribution is -2.12. The van der Waals surface area contributed by atoms with E-state index >= 15 is 0 Å². The van der Waals surface area contributed by atoms with Gasteiger partial charge >= 0.3 is 0 Å². The molecule has 0 fully saturated rings. The number of fused-ring (bicyclic) bond motifs is 1. The normalized spacial score (nSPS) is 13.5. The number of nitrogens with one attached hydrogen (secondary N) is 1. The third-order valence-electron chi connectivity index (χ3n) is 3.54. The largest absolute Gasteiger partial charge is 0.309 e. The van der Waals surface area contributed by atoms with Gasteiger partial charge in [-0.15, -0.1) is 0 Å². The summed E-state index contributed by atoms with van der Waals surface area (Å²) in [4.78, 5) is 12.7. The lowest BCUT2D eigenvalue weighted by atomic mass is 10.0. The third-order valence-corrected chi connectivity index (χ3v) is 3.82. The Bertz CT molecular complexity index is 663. The van der Waals surface area contributed by atoms with Gasteiger partial charge in [-0.3, -0.25) is 9.48 Å². The average Bonchev–Trinajstić information content (AvgIpc) is 3.04. The van der Waals surface area contributed by atoms with Crippen LogP contribution in [0.25, 0.3) is 0 Å². The van der Waals surface area contributed by atoms with E-state index in [1.165, 1.54) is 11.1 Å². The van der Waals surface area contributed by atoms with Crippen molar-refractivity contribution < 1.29 is 4.79 Å². The molecule has 0 saturated heterocycles. The van der Waals surface area contributed by atoms with Crippen molar-refractivity contribution in [1.29, 1.82) is 0 Å². The number of hydrogen-bond acceptors (Lipinski definition) is 3. The second kappa shape index (κ2) is 5.38. The average molecular weight is 290 g/mol. The number of hydrogen-bond donors (Lipinski definition) is 1. The number of ketones is 1. The van der Waals surface area contributed by atoms with Crippen molar-refractivity contribution in [2.24, 2.45) is 0 Å². The second-order valence-electron chi connectivity index (χ2n) is 4.98. The first kappa shape index (κ1) is 13.3. The Kier molecular flexibility index (Phi) is 3.59. The van der Waals surface area contributed by atoms with E-state index in [1.54, 1.807) is 10.9 Å². The van der Waals surface area contributed by atoms with Crippen LogP contribution in [0.15, 0.2) is 24.4 Å². The van der Waals surface area contributed by atoms with E-state index in [0.717, 1.165) is 19.5 Å². The van der Waals surface area contributed by atoms with Gasteiger partial charge in [0.15, 0.2) is 0 Å². The highest BCUT2D eigenvalue weighted by Gasteiger charge is 2.20. The molecule has 0 unspecified atom stereocenters. The lowest BCUT2D eigenvalue weighted by Gasteiger charge is -2.07. The summed E-state index contributed by atoms with van der Waals surface area (Å²) < 4.78 is 1.69. The standard InChI is InChI=1S/C15H16ClN3O/c1-2-5-19-14(13(16)9-18-19)15(20)10-3-4-11-7-17-8-12(11)6-10/h3-4,6,9,17H,2,5,7-8H2,1H3. The van der Waals surface area contributed by atoms with Gasteiger partial charge in [0.1, 0.15) is 5.69 Å². The Hall–Kier alpha value is -1.65. The molecule has 20 heavy (non-hydrogen) atoms. The summed E-state index contributed by atoms with van der Waals surface area (Å²) in [6, 6.07) is 5.84. The summed E-state index contributed by atoms with van der Waals surface area (Å²) in [7, 11) is 0. The number of carbonyl (C=O) groups excluding carboxylic acids is 1. The van der Waals surface area contributed by atoms with Crippen LogP contribution in [0.1, 0.15) is 40.5 Å². The van der Waals surface area contributed by atoms with Crippen LogP contribution in [-0.2, 0) is 19.6 Å². The molecule has 3 rings (SSSR count). The Balaban J connectivity index is 1.98. The number of rotatable bonds is 4. The number of halogens is 1. The van der Waals surface area contributed by atoms with Gasteiger partial charge in [0, 0.05) is 25.2 Å². The highest BCUT2D eigenvalue weighted by Crippen LogP contribution is 2.23. The first-order valence-corrected chi connectivity index (χ1v) is 7.17. The van der Waals surface area contributed by atoms with E-state index in [1.807, 2.05) is 25.1 Å². The maximum atomic E-state index is 12.7. The van der Waals surface area contributed by atoms with Crippen LogP contribution in [0.2, 0.25) is 5.02 Å². The van der Waals surface area contributed by atoms with E-state index in [4.69, 9.17) is 11.6 Å². The fourth-order valence-corrected chi connectivity index (χ4v) is 2.77. The van der Waals surface area contributed by atoms with Gasteiger partial charge in [-0.05, 0) is 23.6 Å². The van der Waals surface area contributed by atoms with Gasteiger partial charge in [0.05, 0.1) is 11.2 Å². The predicted molar refractivity (Wildman–Crippen MR) is 77.9 cm³/mol. The van der Waals surface area contributed by atoms with Crippen LogP contribution in [-0.4, -0.2) is 15.6 Å². The molecule has 0 saturated carbocycles. The quantitative estimate of drug-likeness (QED) is 0.881. The van der Waals surface area contributed by atoms with E-state index in [9.17, 15) is 4.79 Å². The maximum absolute atomic E-state index is 12.7. The minimum Gasteiger partial charge on any atom is -0.309 e.